The zero-order valence-electron chi connectivity index (χ0n) is 11.6. The number of nitrogens with one attached hydrogen (secondary N) is 2. The summed E-state index contributed by atoms with van der Waals surface area (Å²) in [6.45, 7) is 0.850. The molecule has 5 nitrogen and oxygen atoms in total. The van der Waals surface area contributed by atoms with Crippen LogP contribution in [0.3, 0.4) is 0 Å². The van der Waals surface area contributed by atoms with Crippen LogP contribution in [0, 0.1) is 0 Å². The number of carboxylic acids is 1. The molecule has 1 heterocycles. The lowest BCUT2D eigenvalue weighted by atomic mass is 9.96. The molecule has 21 heavy (non-hydrogen) atoms. The molecule has 1 amide bonds. The van der Waals surface area contributed by atoms with Gasteiger partial charge < -0.3 is 15.7 Å². The molecule has 1 aliphatic carbocycles. The van der Waals surface area contributed by atoms with E-state index in [4.69, 9.17) is 0 Å². The Kier molecular flexibility index (Phi) is 3.91. The predicted octanol–water partition coefficient (Wildman–Crippen LogP) is 1.45. The number of carboxylic acid groups (broad SMARTS) is 1. The molecule has 3 N–H and O–H groups in total. The topological polar surface area (TPSA) is 78.4 Å². The average Bonchev–Trinajstić information content (AvgIpc) is 3.31. The molecule has 0 aromatic heterocycles. The van der Waals surface area contributed by atoms with Crippen LogP contribution in [0.1, 0.15) is 18.4 Å². The van der Waals surface area contributed by atoms with Gasteiger partial charge in [-0.05, 0) is 30.5 Å². The van der Waals surface area contributed by atoms with Gasteiger partial charge in [0.2, 0.25) is 5.91 Å². The number of hydrogen-bond acceptors (Lipinski definition) is 4. The molecule has 1 aromatic carbocycles. The Morgan fingerprint density at radius 2 is 2.00 bits per heavy atom. The Labute approximate surface area is 127 Å². The molecule has 1 aliphatic heterocycles. The maximum Gasteiger partial charge on any atom is 0.314 e. The van der Waals surface area contributed by atoms with E-state index < -0.39 is 11.4 Å². The van der Waals surface area contributed by atoms with Crippen LogP contribution in [0.15, 0.2) is 24.3 Å². The fraction of sp³-hybridized carbons (Fsp3) is 0.467. The van der Waals surface area contributed by atoms with Crippen molar-refractivity contribution in [1.29, 1.82) is 0 Å². The maximum absolute atomic E-state index is 12.1. The van der Waals surface area contributed by atoms with Gasteiger partial charge >= 0.3 is 5.97 Å². The van der Waals surface area contributed by atoms with E-state index in [1.165, 1.54) is 0 Å². The number of anilines is 1. The van der Waals surface area contributed by atoms with Crippen LogP contribution in [-0.4, -0.2) is 41.1 Å². The lowest BCUT2D eigenvalue weighted by molar-refractivity contribution is -0.140. The second-order valence-corrected chi connectivity index (χ2v) is 6.69. The molecular formula is C15H18N2O3S. The van der Waals surface area contributed by atoms with Gasteiger partial charge in [0.25, 0.3) is 0 Å². The van der Waals surface area contributed by atoms with Gasteiger partial charge in [-0.15, -0.1) is 0 Å². The van der Waals surface area contributed by atoms with Crippen molar-refractivity contribution in [2.75, 3.05) is 23.4 Å². The van der Waals surface area contributed by atoms with Crippen molar-refractivity contribution >= 4 is 29.3 Å². The lowest BCUT2D eigenvalue weighted by Crippen LogP contribution is -2.46. The SMILES string of the molecule is O=C(Nc1ccc(C2(C(=O)O)CC2)cc1)C1CSCCN1. The molecule has 3 rings (SSSR count). The van der Waals surface area contributed by atoms with Crippen molar-refractivity contribution in [2.45, 2.75) is 24.3 Å². The van der Waals surface area contributed by atoms with E-state index in [-0.39, 0.29) is 11.9 Å². The van der Waals surface area contributed by atoms with Crippen LogP contribution in [0.2, 0.25) is 0 Å². The lowest BCUT2D eigenvalue weighted by Gasteiger charge is -2.22. The zero-order valence-corrected chi connectivity index (χ0v) is 12.4. The van der Waals surface area contributed by atoms with Gasteiger partial charge in [-0.25, -0.2) is 0 Å². The van der Waals surface area contributed by atoms with Crippen molar-refractivity contribution in [2.24, 2.45) is 0 Å². The summed E-state index contributed by atoms with van der Waals surface area (Å²) in [5.41, 5.74) is 0.839. The van der Waals surface area contributed by atoms with E-state index in [2.05, 4.69) is 10.6 Å². The molecule has 1 atom stereocenters. The molecule has 0 bridgehead atoms. The minimum atomic E-state index is -0.761. The highest BCUT2D eigenvalue weighted by molar-refractivity contribution is 7.99. The number of rotatable bonds is 4. The minimum absolute atomic E-state index is 0.0330. The van der Waals surface area contributed by atoms with Crippen molar-refractivity contribution in [3.63, 3.8) is 0 Å². The van der Waals surface area contributed by atoms with Crippen molar-refractivity contribution < 1.29 is 14.7 Å². The van der Waals surface area contributed by atoms with Gasteiger partial charge in [-0.2, -0.15) is 11.8 Å². The van der Waals surface area contributed by atoms with Gasteiger partial charge in [-0.1, -0.05) is 12.1 Å². The fourth-order valence-corrected chi connectivity index (χ4v) is 3.52. The zero-order chi connectivity index (χ0) is 14.9. The highest BCUT2D eigenvalue weighted by Crippen LogP contribution is 2.48. The number of aliphatic carboxylic acids is 1. The molecule has 1 saturated heterocycles. The summed E-state index contributed by atoms with van der Waals surface area (Å²) in [7, 11) is 0. The van der Waals surface area contributed by atoms with Crippen molar-refractivity contribution in [1.82, 2.24) is 5.32 Å². The monoisotopic (exact) mass is 306 g/mol. The molecule has 6 heteroatoms. The third kappa shape index (κ3) is 2.91. The van der Waals surface area contributed by atoms with Crippen LogP contribution in [0.5, 0.6) is 0 Å². The van der Waals surface area contributed by atoms with E-state index in [1.807, 2.05) is 0 Å². The fourth-order valence-electron chi connectivity index (χ4n) is 2.59. The van der Waals surface area contributed by atoms with E-state index in [0.717, 1.165) is 23.6 Å². The van der Waals surface area contributed by atoms with Gasteiger partial charge in [0.1, 0.15) is 0 Å². The standard InChI is InChI=1S/C15H18N2O3S/c18-13(12-9-21-8-7-16-12)17-11-3-1-10(2-4-11)15(5-6-15)14(19)20/h1-4,12,16H,5-9H2,(H,17,18)(H,19,20). The van der Waals surface area contributed by atoms with Gasteiger partial charge in [-0.3, -0.25) is 9.59 Å². The minimum Gasteiger partial charge on any atom is -0.481 e. The van der Waals surface area contributed by atoms with Crippen LogP contribution in [0.4, 0.5) is 5.69 Å². The first-order valence-corrected chi connectivity index (χ1v) is 8.23. The first kappa shape index (κ1) is 14.4. The summed E-state index contributed by atoms with van der Waals surface area (Å²) in [5.74, 6) is 1.03. The molecular weight excluding hydrogens is 288 g/mol. The molecule has 1 aromatic rings. The Bertz CT molecular complexity index is 549. The summed E-state index contributed by atoms with van der Waals surface area (Å²) in [6.07, 6.45) is 1.38. The quantitative estimate of drug-likeness (QED) is 0.784. The van der Waals surface area contributed by atoms with Crippen molar-refractivity contribution in [3.05, 3.63) is 29.8 Å². The first-order valence-electron chi connectivity index (χ1n) is 7.08. The van der Waals surface area contributed by atoms with Gasteiger partial charge in [0, 0.05) is 23.7 Å². The van der Waals surface area contributed by atoms with Crippen LogP contribution >= 0.6 is 11.8 Å². The number of thioether (sulfide) groups is 1. The highest BCUT2D eigenvalue weighted by Gasteiger charge is 2.51. The smallest absolute Gasteiger partial charge is 0.314 e. The summed E-state index contributed by atoms with van der Waals surface area (Å²) in [6, 6.07) is 7.02. The van der Waals surface area contributed by atoms with E-state index >= 15 is 0 Å². The van der Waals surface area contributed by atoms with Gasteiger partial charge in [0.05, 0.1) is 11.5 Å². The third-order valence-electron chi connectivity index (χ3n) is 4.10. The summed E-state index contributed by atoms with van der Waals surface area (Å²) < 4.78 is 0. The third-order valence-corrected chi connectivity index (χ3v) is 5.16. The van der Waals surface area contributed by atoms with Crippen LogP contribution in [0.25, 0.3) is 0 Å². The Balaban J connectivity index is 1.65. The number of amides is 1. The molecule has 2 fully saturated rings. The number of benzene rings is 1. The van der Waals surface area contributed by atoms with E-state index in [0.29, 0.717) is 18.5 Å². The van der Waals surface area contributed by atoms with Gasteiger partial charge in [0.15, 0.2) is 0 Å². The second kappa shape index (κ2) is 5.69. The molecule has 1 unspecified atom stereocenters. The average molecular weight is 306 g/mol. The van der Waals surface area contributed by atoms with E-state index in [9.17, 15) is 14.7 Å². The Morgan fingerprint density at radius 3 is 2.52 bits per heavy atom. The van der Waals surface area contributed by atoms with Crippen LogP contribution in [-0.2, 0) is 15.0 Å². The Hall–Kier alpha value is -1.53. The van der Waals surface area contributed by atoms with Crippen LogP contribution < -0.4 is 10.6 Å². The number of hydrogen-bond donors (Lipinski definition) is 3. The predicted molar refractivity (Wildman–Crippen MR) is 82.7 cm³/mol. The second-order valence-electron chi connectivity index (χ2n) is 5.54. The maximum atomic E-state index is 12.1. The highest BCUT2D eigenvalue weighted by atomic mass is 32.2. The molecule has 0 radical (unpaired) electrons. The molecule has 1 saturated carbocycles. The normalized spacial score (nSPS) is 23.3. The first-order chi connectivity index (χ1) is 10.1. The van der Waals surface area contributed by atoms with E-state index in [1.54, 1.807) is 36.0 Å². The number of carbonyl (C=O) groups is 2. The van der Waals surface area contributed by atoms with Crippen molar-refractivity contribution in [3.8, 4) is 0 Å². The Morgan fingerprint density at radius 1 is 1.29 bits per heavy atom. The molecule has 112 valence electrons. The summed E-state index contributed by atoms with van der Waals surface area (Å²) in [5, 5.41) is 15.3. The summed E-state index contributed by atoms with van der Waals surface area (Å²) >= 11 is 1.77. The molecule has 0 spiro atoms. The largest absolute Gasteiger partial charge is 0.481 e. The number of carbonyl (C=O) groups excluding carboxylic acids is 1. The summed E-state index contributed by atoms with van der Waals surface area (Å²) in [4.78, 5) is 23.4. The molecule has 2 aliphatic rings.